The quantitative estimate of drug-likeness (QED) is 0.751. The number of benzene rings is 1. The topological polar surface area (TPSA) is 35.2 Å². The van der Waals surface area contributed by atoms with E-state index in [1.165, 1.54) is 12.1 Å². The number of alkyl halides is 3. The highest BCUT2D eigenvalue weighted by molar-refractivity contribution is 5.56. The van der Waals surface area contributed by atoms with Gasteiger partial charge in [-0.25, -0.2) is 0 Å². The van der Waals surface area contributed by atoms with Gasteiger partial charge in [0.2, 0.25) is 0 Å². The minimum absolute atomic E-state index is 0.235. The van der Waals surface area contributed by atoms with Crippen molar-refractivity contribution in [2.24, 2.45) is 0 Å². The van der Waals surface area contributed by atoms with E-state index in [0.29, 0.717) is 16.8 Å². The van der Waals surface area contributed by atoms with Crippen molar-refractivity contribution in [2.45, 2.75) is 34.1 Å². The Morgan fingerprint density at radius 3 is 1.75 bits per heavy atom. The van der Waals surface area contributed by atoms with Crippen LogP contribution in [-0.2, 0) is 0 Å². The number of halogens is 3. The van der Waals surface area contributed by atoms with Gasteiger partial charge in [0.25, 0.3) is 0 Å². The SMILES string of the molecule is CC.Cc1cc(OC(F)(F)F)cc(C)c1N. The smallest absolute Gasteiger partial charge is 0.406 e. The number of ether oxygens (including phenoxy) is 1. The number of hydrogen-bond acceptors (Lipinski definition) is 2. The van der Waals surface area contributed by atoms with Crippen molar-refractivity contribution >= 4 is 5.69 Å². The minimum atomic E-state index is -4.66. The highest BCUT2D eigenvalue weighted by Gasteiger charge is 2.31. The maximum atomic E-state index is 11.9. The molecule has 2 N–H and O–H groups in total. The summed E-state index contributed by atoms with van der Waals surface area (Å²) >= 11 is 0. The summed E-state index contributed by atoms with van der Waals surface area (Å²) in [5, 5.41) is 0. The van der Waals surface area contributed by atoms with Gasteiger partial charge in [0.15, 0.2) is 0 Å². The van der Waals surface area contributed by atoms with Gasteiger partial charge < -0.3 is 10.5 Å². The Kier molecular flexibility index (Phi) is 5.14. The second-order valence-electron chi connectivity index (χ2n) is 3.02. The fourth-order valence-corrected chi connectivity index (χ4v) is 1.13. The van der Waals surface area contributed by atoms with Crippen molar-refractivity contribution in [3.05, 3.63) is 23.3 Å². The standard InChI is InChI=1S/C9H10F3NO.C2H6/c1-5-3-7(14-9(10,11)12)4-6(2)8(5)13;1-2/h3-4H,13H2,1-2H3;1-2H3. The van der Waals surface area contributed by atoms with Crippen LogP contribution in [0, 0.1) is 13.8 Å². The molecular weight excluding hydrogens is 219 g/mol. The Balaban J connectivity index is 0.00000106. The Morgan fingerprint density at radius 1 is 1.06 bits per heavy atom. The van der Waals surface area contributed by atoms with Crippen molar-refractivity contribution in [3.63, 3.8) is 0 Å². The summed E-state index contributed by atoms with van der Waals surface area (Å²) in [4.78, 5) is 0. The van der Waals surface area contributed by atoms with E-state index in [1.54, 1.807) is 13.8 Å². The van der Waals surface area contributed by atoms with Crippen molar-refractivity contribution in [2.75, 3.05) is 5.73 Å². The Bertz CT molecular complexity index is 325. The molecule has 0 aliphatic rings. The van der Waals surface area contributed by atoms with E-state index in [2.05, 4.69) is 4.74 Å². The second-order valence-corrected chi connectivity index (χ2v) is 3.02. The van der Waals surface area contributed by atoms with Crippen molar-refractivity contribution in [3.8, 4) is 5.75 Å². The van der Waals surface area contributed by atoms with Crippen LogP contribution in [0.4, 0.5) is 18.9 Å². The summed E-state index contributed by atoms with van der Waals surface area (Å²) in [5.74, 6) is -0.235. The first kappa shape index (κ1) is 14.6. The lowest BCUT2D eigenvalue weighted by molar-refractivity contribution is -0.274. The number of hydrogen-bond donors (Lipinski definition) is 1. The lowest BCUT2D eigenvalue weighted by Crippen LogP contribution is -2.17. The maximum absolute atomic E-state index is 11.9. The number of nitrogens with two attached hydrogens (primary N) is 1. The fraction of sp³-hybridized carbons (Fsp3) is 0.455. The zero-order chi connectivity index (χ0) is 12.9. The molecule has 0 spiro atoms. The first-order chi connectivity index (χ1) is 7.29. The van der Waals surface area contributed by atoms with Crippen molar-refractivity contribution in [1.29, 1.82) is 0 Å². The molecule has 0 aliphatic heterocycles. The van der Waals surface area contributed by atoms with Crippen LogP contribution in [0.1, 0.15) is 25.0 Å². The minimum Gasteiger partial charge on any atom is -0.406 e. The highest BCUT2D eigenvalue weighted by atomic mass is 19.4. The van der Waals surface area contributed by atoms with Gasteiger partial charge in [0.05, 0.1) is 0 Å². The van der Waals surface area contributed by atoms with E-state index >= 15 is 0 Å². The average Bonchev–Trinajstić information content (AvgIpc) is 2.14. The maximum Gasteiger partial charge on any atom is 0.573 e. The molecule has 0 radical (unpaired) electrons. The van der Waals surface area contributed by atoms with Gasteiger partial charge >= 0.3 is 6.36 Å². The average molecular weight is 235 g/mol. The van der Waals surface area contributed by atoms with E-state index in [9.17, 15) is 13.2 Å². The third-order valence-electron chi connectivity index (χ3n) is 1.80. The monoisotopic (exact) mass is 235 g/mol. The summed E-state index contributed by atoms with van der Waals surface area (Å²) in [6.45, 7) is 7.26. The Hall–Kier alpha value is -1.39. The summed E-state index contributed by atoms with van der Waals surface area (Å²) in [6.07, 6.45) is -4.66. The van der Waals surface area contributed by atoms with Crippen LogP contribution in [-0.4, -0.2) is 6.36 Å². The van der Waals surface area contributed by atoms with E-state index in [0.717, 1.165) is 0 Å². The zero-order valence-electron chi connectivity index (χ0n) is 9.77. The molecule has 0 saturated heterocycles. The first-order valence-electron chi connectivity index (χ1n) is 4.92. The van der Waals surface area contributed by atoms with E-state index in [-0.39, 0.29) is 5.75 Å². The van der Waals surface area contributed by atoms with Crippen LogP contribution in [0.15, 0.2) is 12.1 Å². The summed E-state index contributed by atoms with van der Waals surface area (Å²) in [5.41, 5.74) is 7.21. The first-order valence-corrected chi connectivity index (χ1v) is 4.92. The molecular formula is C11H16F3NO. The molecule has 92 valence electrons. The molecule has 0 saturated carbocycles. The van der Waals surface area contributed by atoms with E-state index < -0.39 is 6.36 Å². The van der Waals surface area contributed by atoms with Crippen LogP contribution >= 0.6 is 0 Å². The van der Waals surface area contributed by atoms with Gasteiger partial charge in [-0.3, -0.25) is 0 Å². The van der Waals surface area contributed by atoms with Gasteiger partial charge in [-0.1, -0.05) is 13.8 Å². The molecule has 0 aliphatic carbocycles. The summed E-state index contributed by atoms with van der Waals surface area (Å²) in [6, 6.07) is 2.52. The summed E-state index contributed by atoms with van der Waals surface area (Å²) < 4.78 is 39.3. The van der Waals surface area contributed by atoms with Gasteiger partial charge in [0.1, 0.15) is 5.75 Å². The Morgan fingerprint density at radius 2 is 1.44 bits per heavy atom. The molecule has 0 fully saturated rings. The normalized spacial score (nSPS) is 10.4. The molecule has 0 amide bonds. The molecule has 0 bridgehead atoms. The van der Waals surface area contributed by atoms with Gasteiger partial charge in [-0.15, -0.1) is 13.2 Å². The zero-order valence-corrected chi connectivity index (χ0v) is 9.77. The number of aryl methyl sites for hydroxylation is 2. The lowest BCUT2D eigenvalue weighted by atomic mass is 10.1. The van der Waals surface area contributed by atoms with Crippen molar-refractivity contribution in [1.82, 2.24) is 0 Å². The predicted molar refractivity (Wildman–Crippen MR) is 58.4 cm³/mol. The molecule has 0 unspecified atom stereocenters. The molecule has 0 aromatic heterocycles. The Labute approximate surface area is 93.2 Å². The molecule has 16 heavy (non-hydrogen) atoms. The van der Waals surface area contributed by atoms with Crippen LogP contribution in [0.3, 0.4) is 0 Å². The second kappa shape index (κ2) is 5.63. The van der Waals surface area contributed by atoms with Gasteiger partial charge in [-0.05, 0) is 37.1 Å². The van der Waals surface area contributed by atoms with Crippen molar-refractivity contribution < 1.29 is 17.9 Å². The van der Waals surface area contributed by atoms with Gasteiger partial charge in [-0.2, -0.15) is 0 Å². The molecule has 1 rings (SSSR count). The lowest BCUT2D eigenvalue weighted by Gasteiger charge is -2.11. The molecule has 0 atom stereocenters. The third-order valence-corrected chi connectivity index (χ3v) is 1.80. The predicted octanol–water partition coefficient (Wildman–Crippen LogP) is 3.81. The molecule has 5 heteroatoms. The van der Waals surface area contributed by atoms with Crippen LogP contribution in [0.2, 0.25) is 0 Å². The third kappa shape index (κ3) is 4.42. The van der Waals surface area contributed by atoms with Crippen LogP contribution in [0.5, 0.6) is 5.75 Å². The molecule has 1 aromatic rings. The molecule has 2 nitrogen and oxygen atoms in total. The number of rotatable bonds is 1. The van der Waals surface area contributed by atoms with Crippen LogP contribution in [0.25, 0.3) is 0 Å². The number of anilines is 1. The molecule has 1 aromatic carbocycles. The van der Waals surface area contributed by atoms with Gasteiger partial charge in [0, 0.05) is 5.69 Å². The van der Waals surface area contributed by atoms with E-state index in [1.807, 2.05) is 13.8 Å². The highest BCUT2D eigenvalue weighted by Crippen LogP contribution is 2.28. The fourth-order valence-electron chi connectivity index (χ4n) is 1.13. The van der Waals surface area contributed by atoms with Crippen LogP contribution < -0.4 is 10.5 Å². The largest absolute Gasteiger partial charge is 0.573 e. The molecule has 0 heterocycles. The van der Waals surface area contributed by atoms with E-state index in [4.69, 9.17) is 5.73 Å². The number of nitrogen functional groups attached to an aromatic ring is 1. The summed E-state index contributed by atoms with van der Waals surface area (Å²) in [7, 11) is 0.